The molecule has 0 aliphatic rings. The number of methoxy groups -OCH3 is 1. The van der Waals surface area contributed by atoms with Gasteiger partial charge in [-0.15, -0.1) is 0 Å². The van der Waals surface area contributed by atoms with Crippen molar-refractivity contribution in [1.82, 2.24) is 4.98 Å². The van der Waals surface area contributed by atoms with Crippen LogP contribution in [0.3, 0.4) is 0 Å². The van der Waals surface area contributed by atoms with E-state index < -0.39 is 0 Å². The van der Waals surface area contributed by atoms with Crippen molar-refractivity contribution in [1.29, 1.82) is 0 Å². The molecule has 0 spiro atoms. The maximum absolute atomic E-state index is 9.05. The molecule has 0 aliphatic carbocycles. The summed E-state index contributed by atoms with van der Waals surface area (Å²) in [5, 5.41) is 12.4. The van der Waals surface area contributed by atoms with E-state index in [0.717, 1.165) is 6.42 Å². The number of aliphatic hydroxyl groups is 1. The second-order valence-electron chi connectivity index (χ2n) is 4.31. The zero-order valence-electron chi connectivity index (χ0n) is 10.7. The summed E-state index contributed by atoms with van der Waals surface area (Å²) in [6.07, 6.45) is 1.56. The Balaban J connectivity index is 2.86. The number of hydrogen-bond acceptors (Lipinski definition) is 5. The van der Waals surface area contributed by atoms with Crippen LogP contribution >= 0.6 is 0 Å². The topological polar surface area (TPSA) is 80.4 Å². The lowest BCUT2D eigenvalue weighted by atomic mass is 9.95. The summed E-state index contributed by atoms with van der Waals surface area (Å²) in [6, 6.07) is 3.56. The fourth-order valence-electron chi connectivity index (χ4n) is 1.57. The number of pyridine rings is 1. The first-order valence-corrected chi connectivity index (χ1v) is 5.74. The summed E-state index contributed by atoms with van der Waals surface area (Å²) in [4.78, 5) is 4.27. The molecule has 0 saturated carbocycles. The molecule has 1 rings (SSSR count). The van der Waals surface area contributed by atoms with Gasteiger partial charge in [0.15, 0.2) is 0 Å². The van der Waals surface area contributed by atoms with Gasteiger partial charge in [-0.3, -0.25) is 0 Å². The van der Waals surface area contributed by atoms with E-state index in [1.165, 1.54) is 7.11 Å². The van der Waals surface area contributed by atoms with Crippen LogP contribution in [-0.4, -0.2) is 29.3 Å². The minimum atomic E-state index is -0.178. The molecule has 5 nitrogen and oxygen atoms in total. The van der Waals surface area contributed by atoms with E-state index in [9.17, 15) is 0 Å². The summed E-state index contributed by atoms with van der Waals surface area (Å²) >= 11 is 0. The number of aliphatic hydroxyl groups excluding tert-OH is 1. The molecule has 0 amide bonds. The first kappa shape index (κ1) is 13.6. The van der Waals surface area contributed by atoms with Crippen LogP contribution in [0.5, 0.6) is 5.88 Å². The molecule has 4 N–H and O–H groups in total. The lowest BCUT2D eigenvalue weighted by Crippen LogP contribution is -2.35. The fourth-order valence-corrected chi connectivity index (χ4v) is 1.57. The maximum atomic E-state index is 9.05. The highest BCUT2D eigenvalue weighted by atomic mass is 16.5. The van der Waals surface area contributed by atoms with Gasteiger partial charge in [0.05, 0.1) is 12.8 Å². The fraction of sp³-hybridized carbons (Fsp3) is 0.583. The Hall–Kier alpha value is -1.49. The third-order valence-corrected chi connectivity index (χ3v) is 2.96. The third-order valence-electron chi connectivity index (χ3n) is 2.96. The molecule has 1 aromatic rings. The van der Waals surface area contributed by atoms with Gasteiger partial charge in [-0.25, -0.2) is 0 Å². The molecule has 0 bridgehead atoms. The number of nitrogens with two attached hydrogens (primary N) is 1. The van der Waals surface area contributed by atoms with Crippen molar-refractivity contribution >= 4 is 11.5 Å². The molecular weight excluding hydrogens is 218 g/mol. The summed E-state index contributed by atoms with van der Waals surface area (Å²) < 4.78 is 5.07. The molecule has 1 atom stereocenters. The lowest BCUT2D eigenvalue weighted by molar-refractivity contribution is 0.251. The number of hydrogen-bond donors (Lipinski definition) is 3. The van der Waals surface area contributed by atoms with E-state index in [1.807, 2.05) is 13.0 Å². The van der Waals surface area contributed by atoms with Crippen LogP contribution in [0.25, 0.3) is 0 Å². The van der Waals surface area contributed by atoms with Crippen molar-refractivity contribution in [3.63, 3.8) is 0 Å². The standard InChI is InChI=1S/C12H21N3O2/c1-4-12(2,7-8-16)15-10-6-5-9(13)11(14-10)17-3/h5-6,16H,4,7-8,13H2,1-3H3,(H,14,15). The van der Waals surface area contributed by atoms with E-state index in [2.05, 4.69) is 17.2 Å². The van der Waals surface area contributed by atoms with Crippen LogP contribution in [0.2, 0.25) is 0 Å². The smallest absolute Gasteiger partial charge is 0.238 e. The largest absolute Gasteiger partial charge is 0.479 e. The van der Waals surface area contributed by atoms with E-state index >= 15 is 0 Å². The first-order valence-electron chi connectivity index (χ1n) is 5.74. The van der Waals surface area contributed by atoms with Crippen molar-refractivity contribution in [3.8, 4) is 5.88 Å². The Bertz CT molecular complexity index is 371. The third kappa shape index (κ3) is 3.49. The van der Waals surface area contributed by atoms with Crippen LogP contribution < -0.4 is 15.8 Å². The quantitative estimate of drug-likeness (QED) is 0.703. The maximum Gasteiger partial charge on any atom is 0.238 e. The van der Waals surface area contributed by atoms with Crippen LogP contribution in [0, 0.1) is 0 Å². The van der Waals surface area contributed by atoms with Crippen molar-refractivity contribution in [2.75, 3.05) is 24.8 Å². The monoisotopic (exact) mass is 239 g/mol. The normalized spacial score (nSPS) is 14.1. The number of nitrogens with one attached hydrogen (secondary N) is 1. The van der Waals surface area contributed by atoms with Crippen LogP contribution in [0.4, 0.5) is 11.5 Å². The van der Waals surface area contributed by atoms with Gasteiger partial charge < -0.3 is 20.9 Å². The van der Waals surface area contributed by atoms with Crippen molar-refractivity contribution in [2.45, 2.75) is 32.2 Å². The molecular formula is C12H21N3O2. The van der Waals surface area contributed by atoms with Gasteiger partial charge in [0, 0.05) is 12.1 Å². The zero-order chi connectivity index (χ0) is 12.9. The Morgan fingerprint density at radius 3 is 2.76 bits per heavy atom. The van der Waals surface area contributed by atoms with E-state index in [0.29, 0.717) is 23.8 Å². The predicted octanol–water partition coefficient (Wildman–Crippen LogP) is 1.64. The number of rotatable bonds is 6. The Labute approximate surface area is 102 Å². The second kappa shape index (κ2) is 5.72. The average Bonchev–Trinajstić information content (AvgIpc) is 2.32. The number of nitrogen functional groups attached to an aromatic ring is 1. The van der Waals surface area contributed by atoms with Crippen molar-refractivity contribution < 1.29 is 9.84 Å². The van der Waals surface area contributed by atoms with Crippen LogP contribution in [0.1, 0.15) is 26.7 Å². The highest BCUT2D eigenvalue weighted by molar-refractivity contribution is 5.54. The Kier molecular flexibility index (Phi) is 4.57. The van der Waals surface area contributed by atoms with E-state index in [4.69, 9.17) is 15.6 Å². The highest BCUT2D eigenvalue weighted by Crippen LogP contribution is 2.25. The minimum Gasteiger partial charge on any atom is -0.479 e. The summed E-state index contributed by atoms with van der Waals surface area (Å²) in [7, 11) is 1.54. The molecule has 5 heteroatoms. The molecule has 0 radical (unpaired) electrons. The average molecular weight is 239 g/mol. The van der Waals surface area contributed by atoms with Gasteiger partial charge in [0.1, 0.15) is 5.82 Å². The zero-order valence-corrected chi connectivity index (χ0v) is 10.7. The Morgan fingerprint density at radius 2 is 2.24 bits per heavy atom. The number of anilines is 2. The first-order chi connectivity index (χ1) is 8.04. The predicted molar refractivity (Wildman–Crippen MR) is 69.2 cm³/mol. The molecule has 17 heavy (non-hydrogen) atoms. The summed E-state index contributed by atoms with van der Waals surface area (Å²) in [6.45, 7) is 4.26. The van der Waals surface area contributed by atoms with Gasteiger partial charge in [-0.2, -0.15) is 4.98 Å². The summed E-state index contributed by atoms with van der Waals surface area (Å²) in [5.41, 5.74) is 6.03. The molecule has 1 heterocycles. The van der Waals surface area contributed by atoms with Gasteiger partial charge >= 0.3 is 0 Å². The van der Waals surface area contributed by atoms with Gasteiger partial charge in [-0.1, -0.05) is 6.92 Å². The van der Waals surface area contributed by atoms with Gasteiger partial charge in [-0.05, 0) is 31.9 Å². The lowest BCUT2D eigenvalue weighted by Gasteiger charge is -2.29. The molecule has 96 valence electrons. The van der Waals surface area contributed by atoms with Crippen LogP contribution in [0.15, 0.2) is 12.1 Å². The molecule has 0 saturated heterocycles. The highest BCUT2D eigenvalue weighted by Gasteiger charge is 2.21. The van der Waals surface area contributed by atoms with Gasteiger partial charge in [0.25, 0.3) is 0 Å². The van der Waals surface area contributed by atoms with Gasteiger partial charge in [0.2, 0.25) is 5.88 Å². The molecule has 0 aliphatic heterocycles. The molecule has 1 aromatic heterocycles. The Morgan fingerprint density at radius 1 is 1.53 bits per heavy atom. The molecule has 0 fully saturated rings. The summed E-state index contributed by atoms with van der Waals surface area (Å²) in [5.74, 6) is 1.12. The van der Waals surface area contributed by atoms with Crippen molar-refractivity contribution in [3.05, 3.63) is 12.1 Å². The number of aromatic nitrogens is 1. The molecule has 1 unspecified atom stereocenters. The minimum absolute atomic E-state index is 0.142. The second-order valence-corrected chi connectivity index (χ2v) is 4.31. The SMILES string of the molecule is CCC(C)(CCO)Nc1ccc(N)c(OC)n1. The van der Waals surface area contributed by atoms with E-state index in [1.54, 1.807) is 6.07 Å². The number of nitrogens with zero attached hydrogens (tertiary/aromatic N) is 1. The van der Waals surface area contributed by atoms with E-state index in [-0.39, 0.29) is 12.1 Å². The van der Waals surface area contributed by atoms with Crippen LogP contribution in [-0.2, 0) is 0 Å². The number of ether oxygens (including phenoxy) is 1. The molecule has 0 aromatic carbocycles. The van der Waals surface area contributed by atoms with Crippen molar-refractivity contribution in [2.24, 2.45) is 0 Å².